The van der Waals surface area contributed by atoms with Gasteiger partial charge in [-0.05, 0) is 30.5 Å². The number of benzene rings is 1. The van der Waals surface area contributed by atoms with Crippen LogP contribution in [-0.2, 0) is 6.18 Å². The normalized spacial score (nSPS) is 13.3. The van der Waals surface area contributed by atoms with Gasteiger partial charge >= 0.3 is 6.18 Å². The average Bonchev–Trinajstić information content (AvgIpc) is 2.34. The van der Waals surface area contributed by atoms with E-state index >= 15 is 0 Å². The first-order valence-corrected chi connectivity index (χ1v) is 6.84. The van der Waals surface area contributed by atoms with Crippen LogP contribution in [0, 0.1) is 11.7 Å². The number of nitrogens with one attached hydrogen (secondary N) is 1. The molecule has 21 heavy (non-hydrogen) atoms. The summed E-state index contributed by atoms with van der Waals surface area (Å²) >= 11 is 5.98. The molecule has 0 bridgehead atoms. The molecule has 2 nitrogen and oxygen atoms in total. The van der Waals surface area contributed by atoms with Gasteiger partial charge in [-0.3, -0.25) is 4.79 Å². The minimum absolute atomic E-state index is 0.136. The van der Waals surface area contributed by atoms with E-state index in [4.69, 9.17) is 11.6 Å². The van der Waals surface area contributed by atoms with Crippen LogP contribution in [0.15, 0.2) is 18.2 Å². The highest BCUT2D eigenvalue weighted by Gasteiger charge is 2.34. The molecule has 0 radical (unpaired) electrons. The lowest BCUT2D eigenvalue weighted by Gasteiger charge is -2.14. The van der Waals surface area contributed by atoms with E-state index in [1.807, 2.05) is 13.8 Å². The minimum Gasteiger partial charge on any atom is -0.351 e. The topological polar surface area (TPSA) is 29.1 Å². The SMILES string of the molecule is CC(C)CC(Cl)CNC(=O)c1ccc(F)c(C(F)(F)F)c1. The van der Waals surface area contributed by atoms with Crippen molar-refractivity contribution in [1.82, 2.24) is 5.32 Å². The lowest BCUT2D eigenvalue weighted by molar-refractivity contribution is -0.140. The number of carbonyl (C=O) groups excluding carboxylic acids is 1. The van der Waals surface area contributed by atoms with E-state index < -0.39 is 23.5 Å². The molecule has 0 spiro atoms. The summed E-state index contributed by atoms with van der Waals surface area (Å²) in [5.41, 5.74) is -1.71. The molecule has 0 heterocycles. The fourth-order valence-electron chi connectivity index (χ4n) is 1.78. The second-order valence-corrected chi connectivity index (χ2v) is 5.75. The summed E-state index contributed by atoms with van der Waals surface area (Å²) in [5, 5.41) is 2.13. The summed E-state index contributed by atoms with van der Waals surface area (Å²) in [6.45, 7) is 4.07. The fraction of sp³-hybridized carbons (Fsp3) is 0.500. The molecule has 0 aliphatic rings. The van der Waals surface area contributed by atoms with Crippen molar-refractivity contribution in [3.8, 4) is 0 Å². The van der Waals surface area contributed by atoms with Crippen molar-refractivity contribution in [1.29, 1.82) is 0 Å². The van der Waals surface area contributed by atoms with Crippen LogP contribution in [0.1, 0.15) is 36.2 Å². The van der Waals surface area contributed by atoms with Crippen molar-refractivity contribution in [2.45, 2.75) is 31.8 Å². The third-order valence-electron chi connectivity index (χ3n) is 2.75. The van der Waals surface area contributed by atoms with Gasteiger partial charge < -0.3 is 5.32 Å². The zero-order chi connectivity index (χ0) is 16.2. The van der Waals surface area contributed by atoms with E-state index in [1.54, 1.807) is 0 Å². The Bertz CT molecular complexity index is 502. The number of hydrogen-bond acceptors (Lipinski definition) is 1. The van der Waals surface area contributed by atoms with E-state index in [-0.39, 0.29) is 17.5 Å². The summed E-state index contributed by atoms with van der Waals surface area (Å²) in [4.78, 5) is 11.8. The van der Waals surface area contributed by atoms with Gasteiger partial charge in [0.1, 0.15) is 5.82 Å². The van der Waals surface area contributed by atoms with Gasteiger partial charge in [0.05, 0.1) is 10.9 Å². The van der Waals surface area contributed by atoms with Crippen molar-refractivity contribution < 1.29 is 22.4 Å². The molecule has 0 aliphatic carbocycles. The second-order valence-electron chi connectivity index (χ2n) is 5.13. The maximum absolute atomic E-state index is 13.1. The maximum atomic E-state index is 13.1. The average molecular weight is 326 g/mol. The molecule has 0 fully saturated rings. The Morgan fingerprint density at radius 3 is 2.48 bits per heavy atom. The molecule has 1 rings (SSSR count). The molecule has 1 N–H and O–H groups in total. The highest BCUT2D eigenvalue weighted by atomic mass is 35.5. The van der Waals surface area contributed by atoms with E-state index in [2.05, 4.69) is 5.32 Å². The number of rotatable bonds is 5. The maximum Gasteiger partial charge on any atom is 0.419 e. The Morgan fingerprint density at radius 1 is 1.33 bits per heavy atom. The van der Waals surface area contributed by atoms with Crippen LogP contribution in [0.25, 0.3) is 0 Å². The number of amides is 1. The standard InChI is InChI=1S/C14H16ClF4NO/c1-8(2)5-10(15)7-20-13(21)9-3-4-12(16)11(6-9)14(17,18)19/h3-4,6,8,10H,5,7H2,1-2H3,(H,20,21). The molecular weight excluding hydrogens is 310 g/mol. The number of halogens is 5. The predicted octanol–water partition coefficient (Wildman–Crippen LogP) is 4.23. The van der Waals surface area contributed by atoms with Crippen LogP contribution >= 0.6 is 11.6 Å². The van der Waals surface area contributed by atoms with Crippen molar-refractivity contribution in [3.63, 3.8) is 0 Å². The zero-order valence-corrected chi connectivity index (χ0v) is 12.4. The lowest BCUT2D eigenvalue weighted by Crippen LogP contribution is -2.30. The summed E-state index contributed by atoms with van der Waals surface area (Å²) < 4.78 is 50.8. The fourth-order valence-corrected chi connectivity index (χ4v) is 2.22. The van der Waals surface area contributed by atoms with Gasteiger partial charge in [-0.25, -0.2) is 4.39 Å². The van der Waals surface area contributed by atoms with Gasteiger partial charge in [-0.1, -0.05) is 13.8 Å². The zero-order valence-electron chi connectivity index (χ0n) is 11.6. The van der Waals surface area contributed by atoms with Gasteiger partial charge in [0, 0.05) is 12.1 Å². The summed E-state index contributed by atoms with van der Waals surface area (Å²) in [7, 11) is 0. The van der Waals surface area contributed by atoms with Crippen LogP contribution in [0.2, 0.25) is 0 Å². The molecular formula is C14H16ClF4NO. The Morgan fingerprint density at radius 2 is 1.95 bits per heavy atom. The Hall–Kier alpha value is -1.30. The molecule has 1 aromatic carbocycles. The highest BCUT2D eigenvalue weighted by Crippen LogP contribution is 2.31. The second kappa shape index (κ2) is 7.11. The monoisotopic (exact) mass is 325 g/mol. The smallest absolute Gasteiger partial charge is 0.351 e. The molecule has 1 atom stereocenters. The Labute approximate surface area is 125 Å². The predicted molar refractivity (Wildman–Crippen MR) is 72.8 cm³/mol. The quantitative estimate of drug-likeness (QED) is 0.637. The van der Waals surface area contributed by atoms with Crippen LogP contribution in [-0.4, -0.2) is 17.8 Å². The molecule has 1 unspecified atom stereocenters. The van der Waals surface area contributed by atoms with Crippen LogP contribution in [0.3, 0.4) is 0 Å². The van der Waals surface area contributed by atoms with E-state index in [0.29, 0.717) is 24.5 Å². The molecule has 118 valence electrons. The van der Waals surface area contributed by atoms with Crippen molar-refractivity contribution in [2.24, 2.45) is 5.92 Å². The molecule has 1 aromatic rings. The van der Waals surface area contributed by atoms with Crippen LogP contribution < -0.4 is 5.32 Å². The molecule has 1 amide bonds. The van der Waals surface area contributed by atoms with Gasteiger partial charge in [-0.15, -0.1) is 11.6 Å². The molecule has 0 saturated carbocycles. The van der Waals surface area contributed by atoms with Gasteiger partial charge in [0.15, 0.2) is 0 Å². The van der Waals surface area contributed by atoms with Crippen molar-refractivity contribution in [3.05, 3.63) is 35.1 Å². The first kappa shape index (κ1) is 17.8. The van der Waals surface area contributed by atoms with Gasteiger partial charge in [0.25, 0.3) is 5.91 Å². The molecule has 0 aromatic heterocycles. The third kappa shape index (κ3) is 5.53. The van der Waals surface area contributed by atoms with Crippen LogP contribution in [0.5, 0.6) is 0 Å². The Kier molecular flexibility index (Phi) is 6.01. The largest absolute Gasteiger partial charge is 0.419 e. The Balaban J connectivity index is 2.75. The van der Waals surface area contributed by atoms with E-state index in [1.165, 1.54) is 0 Å². The number of alkyl halides is 4. The van der Waals surface area contributed by atoms with Gasteiger partial charge in [-0.2, -0.15) is 13.2 Å². The molecule has 0 aliphatic heterocycles. The summed E-state index contributed by atoms with van der Waals surface area (Å²) in [5.74, 6) is -1.78. The summed E-state index contributed by atoms with van der Waals surface area (Å²) in [6, 6.07) is 2.13. The first-order chi connectivity index (χ1) is 9.61. The van der Waals surface area contributed by atoms with Gasteiger partial charge in [0.2, 0.25) is 0 Å². The van der Waals surface area contributed by atoms with E-state index in [9.17, 15) is 22.4 Å². The first-order valence-electron chi connectivity index (χ1n) is 6.40. The highest BCUT2D eigenvalue weighted by molar-refractivity contribution is 6.20. The summed E-state index contributed by atoms with van der Waals surface area (Å²) in [6.07, 6.45) is -4.17. The third-order valence-corrected chi connectivity index (χ3v) is 3.08. The molecule has 7 heteroatoms. The number of hydrogen-bond donors (Lipinski definition) is 1. The van der Waals surface area contributed by atoms with Crippen molar-refractivity contribution in [2.75, 3.05) is 6.54 Å². The molecule has 0 saturated heterocycles. The van der Waals surface area contributed by atoms with Crippen molar-refractivity contribution >= 4 is 17.5 Å². The van der Waals surface area contributed by atoms with E-state index in [0.717, 1.165) is 6.07 Å². The lowest BCUT2D eigenvalue weighted by atomic mass is 10.1. The number of carbonyl (C=O) groups is 1. The van der Waals surface area contributed by atoms with Crippen LogP contribution in [0.4, 0.5) is 17.6 Å². The minimum atomic E-state index is -4.84.